The number of para-hydroxylation sites is 2. The fourth-order valence-electron chi connectivity index (χ4n) is 3.77. The van der Waals surface area contributed by atoms with E-state index in [1.807, 2.05) is 35.9 Å². The zero-order chi connectivity index (χ0) is 24.1. The van der Waals surface area contributed by atoms with E-state index in [1.54, 1.807) is 24.3 Å². The van der Waals surface area contributed by atoms with Crippen LogP contribution in [0, 0.1) is 0 Å². The maximum Gasteiger partial charge on any atom is 0.245 e. The number of ether oxygens (including phenoxy) is 1. The van der Waals surface area contributed by atoms with Crippen molar-refractivity contribution in [3.8, 4) is 0 Å². The van der Waals surface area contributed by atoms with Crippen LogP contribution in [0.25, 0.3) is 11.0 Å². The lowest BCUT2D eigenvalue weighted by Crippen LogP contribution is -2.42. The molecule has 0 bridgehead atoms. The predicted molar refractivity (Wildman–Crippen MR) is 125 cm³/mol. The number of fused-ring (bicyclic) bond motifs is 1. The van der Waals surface area contributed by atoms with Crippen LogP contribution in [-0.2, 0) is 44.2 Å². The Bertz CT molecular complexity index is 1280. The molecule has 2 amide bonds. The topological polar surface area (TPSA) is 123 Å². The molecule has 2 heterocycles. The molecule has 1 aliphatic heterocycles. The van der Waals surface area contributed by atoms with E-state index in [0.717, 1.165) is 16.6 Å². The first kappa shape index (κ1) is 23.9. The highest BCUT2D eigenvalue weighted by molar-refractivity contribution is 7.89. The van der Waals surface area contributed by atoms with Crippen molar-refractivity contribution < 1.29 is 22.7 Å². The Balaban J connectivity index is 1.24. The van der Waals surface area contributed by atoms with Gasteiger partial charge in [-0.25, -0.2) is 13.4 Å². The highest BCUT2D eigenvalue weighted by Crippen LogP contribution is 2.18. The van der Waals surface area contributed by atoms with Crippen LogP contribution in [0.15, 0.2) is 53.4 Å². The van der Waals surface area contributed by atoms with Crippen molar-refractivity contribution in [3.63, 3.8) is 0 Å². The first-order chi connectivity index (χ1) is 16.3. The van der Waals surface area contributed by atoms with Gasteiger partial charge in [0.2, 0.25) is 21.8 Å². The highest BCUT2D eigenvalue weighted by Gasteiger charge is 2.26. The minimum atomic E-state index is -3.55. The monoisotopic (exact) mass is 485 g/mol. The number of carbonyl (C=O) groups excluding carboxylic acids is 2. The van der Waals surface area contributed by atoms with Crippen LogP contribution >= 0.6 is 0 Å². The van der Waals surface area contributed by atoms with E-state index in [1.165, 1.54) is 4.31 Å². The summed E-state index contributed by atoms with van der Waals surface area (Å²) in [5.74, 6) is -0.118. The van der Waals surface area contributed by atoms with Crippen LogP contribution in [0.4, 0.5) is 0 Å². The number of morpholine rings is 1. The highest BCUT2D eigenvalue weighted by atomic mass is 32.2. The number of aryl methyl sites for hydroxylation is 2. The van der Waals surface area contributed by atoms with Crippen LogP contribution in [-0.4, -0.2) is 60.4 Å². The SMILES string of the molecule is Cn1c(CC(=O)NNC(=O)CCc2ccc(S(=O)(=O)N3CCOCC3)cc2)nc2ccccc21. The Labute approximate surface area is 197 Å². The first-order valence-corrected chi connectivity index (χ1v) is 12.4. The minimum Gasteiger partial charge on any atom is -0.379 e. The largest absolute Gasteiger partial charge is 0.379 e. The fraction of sp³-hybridized carbons (Fsp3) is 0.348. The molecule has 2 N–H and O–H groups in total. The van der Waals surface area contributed by atoms with Crippen molar-refractivity contribution in [1.82, 2.24) is 24.7 Å². The van der Waals surface area contributed by atoms with Crippen LogP contribution in [0.1, 0.15) is 17.8 Å². The van der Waals surface area contributed by atoms with Gasteiger partial charge in [0.25, 0.3) is 0 Å². The number of hydrogen-bond donors (Lipinski definition) is 2. The van der Waals surface area contributed by atoms with Gasteiger partial charge in [-0.1, -0.05) is 24.3 Å². The molecule has 2 aromatic carbocycles. The van der Waals surface area contributed by atoms with E-state index >= 15 is 0 Å². The van der Waals surface area contributed by atoms with E-state index in [9.17, 15) is 18.0 Å². The van der Waals surface area contributed by atoms with Gasteiger partial charge in [0.1, 0.15) is 5.82 Å². The van der Waals surface area contributed by atoms with Gasteiger partial charge in [-0.3, -0.25) is 20.4 Å². The maximum absolute atomic E-state index is 12.7. The van der Waals surface area contributed by atoms with Crippen LogP contribution < -0.4 is 10.9 Å². The Morgan fingerprint density at radius 2 is 1.68 bits per heavy atom. The predicted octanol–water partition coefficient (Wildman–Crippen LogP) is 0.917. The second-order valence-corrected chi connectivity index (χ2v) is 9.95. The Morgan fingerprint density at radius 1 is 1.00 bits per heavy atom. The zero-order valence-corrected chi connectivity index (χ0v) is 19.7. The molecule has 0 spiro atoms. The number of benzene rings is 2. The molecule has 34 heavy (non-hydrogen) atoms. The van der Waals surface area contributed by atoms with E-state index in [4.69, 9.17) is 4.74 Å². The Kier molecular flexibility index (Phi) is 7.25. The second kappa shape index (κ2) is 10.3. The summed E-state index contributed by atoms with van der Waals surface area (Å²) in [5.41, 5.74) is 7.39. The standard InChI is InChI=1S/C23H27N5O5S/c1-27-20-5-3-2-4-19(20)24-21(27)16-23(30)26-25-22(29)11-8-17-6-9-18(10-7-17)34(31,32)28-12-14-33-15-13-28/h2-7,9-10H,8,11-16H2,1H3,(H,25,29)(H,26,30). The zero-order valence-electron chi connectivity index (χ0n) is 18.9. The fourth-order valence-corrected chi connectivity index (χ4v) is 5.17. The number of rotatable bonds is 7. The molecular weight excluding hydrogens is 458 g/mol. The molecule has 0 unspecified atom stereocenters. The van der Waals surface area contributed by atoms with Crippen molar-refractivity contribution >= 4 is 32.9 Å². The third kappa shape index (κ3) is 5.44. The van der Waals surface area contributed by atoms with Gasteiger partial charge in [0.05, 0.1) is 35.6 Å². The number of amides is 2. The van der Waals surface area contributed by atoms with Crippen molar-refractivity contribution in [2.24, 2.45) is 7.05 Å². The summed E-state index contributed by atoms with van der Waals surface area (Å²) >= 11 is 0. The quantitative estimate of drug-likeness (QED) is 0.480. The molecule has 10 nitrogen and oxygen atoms in total. The molecule has 11 heteroatoms. The lowest BCUT2D eigenvalue weighted by atomic mass is 10.1. The van der Waals surface area contributed by atoms with Gasteiger partial charge in [-0.05, 0) is 36.2 Å². The lowest BCUT2D eigenvalue weighted by Gasteiger charge is -2.26. The molecule has 0 atom stereocenters. The van der Waals surface area contributed by atoms with Gasteiger partial charge in [0, 0.05) is 26.6 Å². The third-order valence-corrected chi connectivity index (χ3v) is 7.62. The van der Waals surface area contributed by atoms with E-state index in [2.05, 4.69) is 15.8 Å². The molecule has 1 aromatic heterocycles. The van der Waals surface area contributed by atoms with Gasteiger partial charge in [-0.2, -0.15) is 4.31 Å². The third-order valence-electron chi connectivity index (χ3n) is 5.71. The summed E-state index contributed by atoms with van der Waals surface area (Å²) in [7, 11) is -1.70. The van der Waals surface area contributed by atoms with Gasteiger partial charge in [-0.15, -0.1) is 0 Å². The molecule has 0 aliphatic carbocycles. The van der Waals surface area contributed by atoms with E-state index < -0.39 is 10.0 Å². The van der Waals surface area contributed by atoms with Crippen LogP contribution in [0.5, 0.6) is 0 Å². The van der Waals surface area contributed by atoms with Gasteiger partial charge >= 0.3 is 0 Å². The minimum absolute atomic E-state index is 0.0323. The van der Waals surface area contributed by atoms with E-state index in [0.29, 0.717) is 38.5 Å². The summed E-state index contributed by atoms with van der Waals surface area (Å²) < 4.78 is 33.8. The molecule has 4 rings (SSSR count). The first-order valence-electron chi connectivity index (χ1n) is 11.0. The van der Waals surface area contributed by atoms with Crippen molar-refractivity contribution in [1.29, 1.82) is 0 Å². The molecule has 1 fully saturated rings. The Morgan fingerprint density at radius 3 is 2.38 bits per heavy atom. The van der Waals surface area contributed by atoms with E-state index in [-0.39, 0.29) is 29.6 Å². The number of aromatic nitrogens is 2. The number of carbonyl (C=O) groups is 2. The normalized spacial score (nSPS) is 14.7. The summed E-state index contributed by atoms with van der Waals surface area (Å²) in [6.45, 7) is 1.46. The summed E-state index contributed by atoms with van der Waals surface area (Å²) in [5, 5.41) is 0. The van der Waals surface area contributed by atoms with Crippen LogP contribution in [0.2, 0.25) is 0 Å². The number of nitrogens with zero attached hydrogens (tertiary/aromatic N) is 3. The molecule has 1 aliphatic rings. The van der Waals surface area contributed by atoms with Crippen molar-refractivity contribution in [2.45, 2.75) is 24.2 Å². The van der Waals surface area contributed by atoms with Gasteiger partial charge in [0.15, 0.2) is 0 Å². The molecule has 0 saturated carbocycles. The lowest BCUT2D eigenvalue weighted by molar-refractivity contribution is -0.128. The average molecular weight is 486 g/mol. The number of nitrogens with one attached hydrogen (secondary N) is 2. The van der Waals surface area contributed by atoms with Gasteiger partial charge < -0.3 is 9.30 Å². The summed E-state index contributed by atoms with van der Waals surface area (Å²) in [6, 6.07) is 14.1. The number of hydrogen-bond acceptors (Lipinski definition) is 6. The summed E-state index contributed by atoms with van der Waals surface area (Å²) in [6.07, 6.45) is 0.580. The molecule has 180 valence electrons. The molecular formula is C23H27N5O5S. The van der Waals surface area contributed by atoms with Crippen molar-refractivity contribution in [3.05, 3.63) is 59.9 Å². The number of hydrazine groups is 1. The van der Waals surface area contributed by atoms with Crippen molar-refractivity contribution in [2.75, 3.05) is 26.3 Å². The molecule has 3 aromatic rings. The van der Waals surface area contributed by atoms with Crippen LogP contribution in [0.3, 0.4) is 0 Å². The smallest absolute Gasteiger partial charge is 0.245 e. The Hall–Kier alpha value is -3.28. The number of sulfonamides is 1. The summed E-state index contributed by atoms with van der Waals surface area (Å²) in [4.78, 5) is 29.1. The second-order valence-electron chi connectivity index (χ2n) is 8.01. The number of imidazole rings is 1. The molecule has 1 saturated heterocycles. The average Bonchev–Trinajstić information content (AvgIpc) is 3.17. The maximum atomic E-state index is 12.7. The molecule has 0 radical (unpaired) electrons.